The number of benzene rings is 1. The molecule has 0 bridgehead atoms. The molecule has 0 aliphatic rings. The molecule has 0 N–H and O–H groups in total. The quantitative estimate of drug-likeness (QED) is 0.320. The number of ether oxygens (including phenoxy) is 1. The fourth-order valence-corrected chi connectivity index (χ4v) is 1.16. The minimum atomic E-state index is -2.81. The second-order valence-electron chi connectivity index (χ2n) is 3.09. The first kappa shape index (κ1) is 13.0. The van der Waals surface area contributed by atoms with Gasteiger partial charge in [-0.1, -0.05) is 29.4 Å². The van der Waals surface area contributed by atoms with Crippen molar-refractivity contribution < 1.29 is 13.5 Å². The highest BCUT2D eigenvalue weighted by Gasteiger charge is 2.02. The van der Waals surface area contributed by atoms with Crippen molar-refractivity contribution >= 4 is 6.08 Å². The van der Waals surface area contributed by atoms with E-state index in [-0.39, 0.29) is 5.75 Å². The fraction of sp³-hybridized carbons (Fsp3) is 0.273. The maximum absolute atomic E-state index is 11.9. The zero-order valence-electron chi connectivity index (χ0n) is 8.96. The van der Waals surface area contributed by atoms with Crippen molar-refractivity contribution in [3.63, 3.8) is 0 Å². The van der Waals surface area contributed by atoms with E-state index in [1.807, 2.05) is 12.2 Å². The highest BCUT2D eigenvalue weighted by atomic mass is 19.3. The van der Waals surface area contributed by atoms with Crippen LogP contribution in [0.4, 0.5) is 8.78 Å². The molecule has 0 aliphatic heterocycles. The van der Waals surface area contributed by atoms with Gasteiger partial charge in [-0.15, -0.1) is 0 Å². The molecule has 1 aromatic rings. The molecule has 0 atom stereocenters. The molecule has 0 fully saturated rings. The molecule has 0 saturated heterocycles. The zero-order valence-corrected chi connectivity index (χ0v) is 8.96. The van der Waals surface area contributed by atoms with Crippen LogP contribution in [0.15, 0.2) is 35.5 Å². The Morgan fingerprint density at radius 2 is 2.06 bits per heavy atom. The normalized spacial score (nSPS) is 10.5. The Hall–Kier alpha value is -2.07. The van der Waals surface area contributed by atoms with Gasteiger partial charge in [-0.3, -0.25) is 0 Å². The molecule has 0 amide bonds. The van der Waals surface area contributed by atoms with Gasteiger partial charge in [0.15, 0.2) is 0 Å². The van der Waals surface area contributed by atoms with E-state index in [4.69, 9.17) is 5.53 Å². The zero-order chi connectivity index (χ0) is 12.5. The lowest BCUT2D eigenvalue weighted by molar-refractivity contribution is -0.0498. The molecule has 0 radical (unpaired) electrons. The topological polar surface area (TPSA) is 58.0 Å². The molecule has 0 spiro atoms. The van der Waals surface area contributed by atoms with Gasteiger partial charge in [0.05, 0.1) is 0 Å². The maximum Gasteiger partial charge on any atom is 0.387 e. The molecular formula is C11H11F2N3O. The van der Waals surface area contributed by atoms with Gasteiger partial charge in [0.25, 0.3) is 0 Å². The summed E-state index contributed by atoms with van der Waals surface area (Å²) < 4.78 is 27.9. The van der Waals surface area contributed by atoms with Crippen LogP contribution in [0.5, 0.6) is 5.75 Å². The van der Waals surface area contributed by atoms with Gasteiger partial charge in [-0.2, -0.15) is 8.78 Å². The van der Waals surface area contributed by atoms with Crippen molar-refractivity contribution in [3.8, 4) is 5.75 Å². The lowest BCUT2D eigenvalue weighted by Gasteiger charge is -2.03. The Morgan fingerprint density at radius 1 is 1.35 bits per heavy atom. The summed E-state index contributed by atoms with van der Waals surface area (Å²) >= 11 is 0. The van der Waals surface area contributed by atoms with E-state index in [1.54, 1.807) is 12.1 Å². The van der Waals surface area contributed by atoms with E-state index in [9.17, 15) is 8.78 Å². The molecule has 0 aliphatic carbocycles. The standard InChI is InChI=1S/C11H11F2N3O/c12-11(13)17-10-6-4-9(5-7-10)3-1-2-8-15-16-14/h1,3-7,11H,2,8H2. The third-order valence-corrected chi connectivity index (χ3v) is 1.87. The Bertz CT molecular complexity index is 411. The van der Waals surface area contributed by atoms with Crippen LogP contribution in [0.2, 0.25) is 0 Å². The lowest BCUT2D eigenvalue weighted by atomic mass is 10.2. The van der Waals surface area contributed by atoms with E-state index >= 15 is 0 Å². The van der Waals surface area contributed by atoms with Gasteiger partial charge >= 0.3 is 6.61 Å². The third-order valence-electron chi connectivity index (χ3n) is 1.87. The van der Waals surface area contributed by atoms with Crippen LogP contribution in [0.25, 0.3) is 16.5 Å². The van der Waals surface area contributed by atoms with Crippen molar-refractivity contribution in [2.24, 2.45) is 5.11 Å². The molecule has 17 heavy (non-hydrogen) atoms. The van der Waals surface area contributed by atoms with Crippen molar-refractivity contribution in [3.05, 3.63) is 46.3 Å². The van der Waals surface area contributed by atoms with Crippen molar-refractivity contribution in [2.75, 3.05) is 6.54 Å². The molecule has 0 heterocycles. The molecule has 6 heteroatoms. The lowest BCUT2D eigenvalue weighted by Crippen LogP contribution is -2.01. The van der Waals surface area contributed by atoms with Gasteiger partial charge < -0.3 is 4.74 Å². The monoisotopic (exact) mass is 239 g/mol. The van der Waals surface area contributed by atoms with Crippen molar-refractivity contribution in [1.82, 2.24) is 0 Å². The summed E-state index contributed by atoms with van der Waals surface area (Å²) in [6, 6.07) is 6.28. The van der Waals surface area contributed by atoms with E-state index < -0.39 is 6.61 Å². The summed E-state index contributed by atoms with van der Waals surface area (Å²) in [7, 11) is 0. The van der Waals surface area contributed by atoms with Gasteiger partial charge in [0.1, 0.15) is 5.75 Å². The number of hydrogen-bond acceptors (Lipinski definition) is 2. The van der Waals surface area contributed by atoms with Crippen LogP contribution in [0.3, 0.4) is 0 Å². The molecule has 0 saturated carbocycles. The Labute approximate surface area is 97.1 Å². The first-order chi connectivity index (χ1) is 8.22. The highest BCUT2D eigenvalue weighted by molar-refractivity contribution is 5.50. The van der Waals surface area contributed by atoms with Gasteiger partial charge in [0.2, 0.25) is 0 Å². The molecule has 1 aromatic carbocycles. The number of halogens is 2. The molecular weight excluding hydrogens is 228 g/mol. The van der Waals surface area contributed by atoms with Crippen LogP contribution in [0.1, 0.15) is 12.0 Å². The Morgan fingerprint density at radius 3 is 2.65 bits per heavy atom. The average Bonchev–Trinajstić information content (AvgIpc) is 2.30. The van der Waals surface area contributed by atoms with Gasteiger partial charge in [-0.05, 0) is 29.6 Å². The van der Waals surface area contributed by atoms with Crippen molar-refractivity contribution in [1.29, 1.82) is 0 Å². The molecule has 0 unspecified atom stereocenters. The first-order valence-corrected chi connectivity index (χ1v) is 4.94. The fourth-order valence-electron chi connectivity index (χ4n) is 1.16. The molecule has 1 rings (SSSR count). The summed E-state index contributed by atoms with van der Waals surface area (Å²) in [6.07, 6.45) is 4.30. The van der Waals surface area contributed by atoms with Crippen molar-refractivity contribution in [2.45, 2.75) is 13.0 Å². The Balaban J connectivity index is 2.47. The van der Waals surface area contributed by atoms with Crippen LogP contribution < -0.4 is 4.74 Å². The number of alkyl halides is 2. The second kappa shape index (κ2) is 7.24. The van der Waals surface area contributed by atoms with Gasteiger partial charge in [-0.25, -0.2) is 0 Å². The SMILES string of the molecule is [N-]=[N+]=NCCC=Cc1ccc(OC(F)F)cc1. The first-order valence-electron chi connectivity index (χ1n) is 4.94. The van der Waals surface area contributed by atoms with Gasteiger partial charge in [0, 0.05) is 11.5 Å². The molecule has 0 aromatic heterocycles. The predicted molar refractivity (Wildman–Crippen MR) is 60.7 cm³/mol. The maximum atomic E-state index is 11.9. The minimum absolute atomic E-state index is 0.131. The van der Waals surface area contributed by atoms with Crippen LogP contribution in [0, 0.1) is 0 Å². The average molecular weight is 239 g/mol. The smallest absolute Gasteiger partial charge is 0.387 e. The minimum Gasteiger partial charge on any atom is -0.435 e. The van der Waals surface area contributed by atoms with Crippen LogP contribution in [-0.4, -0.2) is 13.2 Å². The van der Waals surface area contributed by atoms with E-state index in [1.165, 1.54) is 12.1 Å². The summed E-state index contributed by atoms with van der Waals surface area (Å²) in [5.74, 6) is 0.131. The highest BCUT2D eigenvalue weighted by Crippen LogP contribution is 2.15. The van der Waals surface area contributed by atoms with E-state index in [2.05, 4.69) is 14.8 Å². The van der Waals surface area contributed by atoms with Crippen LogP contribution in [-0.2, 0) is 0 Å². The second-order valence-corrected chi connectivity index (χ2v) is 3.09. The van der Waals surface area contributed by atoms with E-state index in [0.29, 0.717) is 13.0 Å². The number of nitrogens with zero attached hydrogens (tertiary/aromatic N) is 3. The number of azide groups is 1. The number of hydrogen-bond donors (Lipinski definition) is 0. The van der Waals surface area contributed by atoms with Crippen LogP contribution >= 0.6 is 0 Å². The molecule has 4 nitrogen and oxygen atoms in total. The molecule has 90 valence electrons. The predicted octanol–water partition coefficient (Wildman–Crippen LogP) is 4.00. The Kier molecular flexibility index (Phi) is 5.54. The number of rotatable bonds is 6. The summed E-state index contributed by atoms with van der Waals surface area (Å²) in [5.41, 5.74) is 8.91. The summed E-state index contributed by atoms with van der Waals surface area (Å²) in [4.78, 5) is 2.62. The third kappa shape index (κ3) is 5.53. The summed E-state index contributed by atoms with van der Waals surface area (Å²) in [6.45, 7) is -2.40. The summed E-state index contributed by atoms with van der Waals surface area (Å²) in [5, 5.41) is 3.38. The largest absolute Gasteiger partial charge is 0.435 e. The van der Waals surface area contributed by atoms with E-state index in [0.717, 1.165) is 5.56 Å².